The van der Waals surface area contributed by atoms with Crippen LogP contribution in [0.5, 0.6) is 17.2 Å². The average molecular weight is 527 g/mol. The fourth-order valence-corrected chi connectivity index (χ4v) is 4.58. The molecular weight excluding hydrogens is 499 g/mol. The Hall–Kier alpha value is -4.77. The molecule has 198 valence electrons. The lowest BCUT2D eigenvalue weighted by Gasteiger charge is -2.27. The van der Waals surface area contributed by atoms with Crippen LogP contribution < -0.4 is 19.9 Å². The first-order valence-electron chi connectivity index (χ1n) is 12.6. The highest BCUT2D eigenvalue weighted by Crippen LogP contribution is 2.44. The molecule has 0 bridgehead atoms. The second-order valence-corrected chi connectivity index (χ2v) is 9.81. The number of nitrogens with zero attached hydrogens (tertiary/aromatic N) is 1. The number of aryl methyl sites for hydroxylation is 1. The zero-order valence-corrected chi connectivity index (χ0v) is 21.8. The summed E-state index contributed by atoms with van der Waals surface area (Å²) in [5.41, 5.74) is 8.79. The predicted octanol–water partition coefficient (Wildman–Crippen LogP) is 6.74. The van der Waals surface area contributed by atoms with E-state index in [1.165, 1.54) is 18.2 Å². The van der Waals surface area contributed by atoms with Crippen molar-refractivity contribution < 1.29 is 27.8 Å². The van der Waals surface area contributed by atoms with Gasteiger partial charge in [-0.15, -0.1) is 0 Å². The van der Waals surface area contributed by atoms with Gasteiger partial charge in [0.25, 0.3) is 0 Å². The first kappa shape index (κ1) is 25.9. The quantitative estimate of drug-likeness (QED) is 0.210. The van der Waals surface area contributed by atoms with E-state index < -0.39 is 17.7 Å². The number of allylic oxidation sites excluding steroid dienone is 1. The van der Waals surface area contributed by atoms with Gasteiger partial charge in [-0.05, 0) is 61.2 Å². The molecule has 0 fully saturated rings. The van der Waals surface area contributed by atoms with Gasteiger partial charge in [-0.25, -0.2) is 9.18 Å². The summed E-state index contributed by atoms with van der Waals surface area (Å²) in [6.07, 6.45) is 0.923. The normalized spacial score (nSPS) is 14.6. The third-order valence-electron chi connectivity index (χ3n) is 6.64. The molecule has 5 rings (SSSR count). The maximum atomic E-state index is 13.7. The molecule has 1 unspecified atom stereocenters. The number of benzene rings is 3. The summed E-state index contributed by atoms with van der Waals surface area (Å²) in [6.45, 7) is 6.52. The molecule has 0 amide bonds. The highest BCUT2D eigenvalue weighted by atomic mass is 19.1. The zero-order chi connectivity index (χ0) is 27.7. The molecule has 1 aliphatic heterocycles. The number of carbonyl (C=O) groups is 1. The van der Waals surface area contributed by atoms with Gasteiger partial charge in [0.15, 0.2) is 0 Å². The molecule has 0 radical (unpaired) electrons. The molecular formula is C31H27FN2O5. The lowest BCUT2D eigenvalue weighted by molar-refractivity contribution is 0.0702. The van der Waals surface area contributed by atoms with E-state index in [-0.39, 0.29) is 23.0 Å². The Labute approximate surface area is 225 Å². The van der Waals surface area contributed by atoms with Crippen LogP contribution in [0.2, 0.25) is 0 Å². The number of nitrogens with two attached hydrogens (primary N) is 1. The van der Waals surface area contributed by atoms with Crippen LogP contribution in [-0.4, -0.2) is 12.6 Å². The smallest absolute Gasteiger partial charge is 0.379 e. The number of ether oxygens (including phenoxy) is 3. The summed E-state index contributed by atoms with van der Waals surface area (Å²) in [4.78, 5) is 12.9. The standard InChI is InChI=1S/C31H27FN2O5/c1-17(2)11-12-36-21-6-4-5-19(13-21)28-23-9-8-22(15-27(23)39-30(34)25(28)16-33)37-31(35)29-18(3)24-14-20(32)7-10-26(24)38-29/h4-10,13-15,17,28H,11-12,34H2,1-3H3. The molecule has 1 atom stereocenters. The van der Waals surface area contributed by atoms with Gasteiger partial charge in [-0.1, -0.05) is 32.0 Å². The summed E-state index contributed by atoms with van der Waals surface area (Å²) >= 11 is 0. The van der Waals surface area contributed by atoms with Gasteiger partial charge in [0.1, 0.15) is 40.3 Å². The Bertz CT molecular complexity index is 1650. The van der Waals surface area contributed by atoms with Crippen LogP contribution in [0.25, 0.3) is 11.0 Å². The Balaban J connectivity index is 1.44. The van der Waals surface area contributed by atoms with Gasteiger partial charge in [-0.3, -0.25) is 0 Å². The number of hydrogen-bond donors (Lipinski definition) is 1. The third-order valence-corrected chi connectivity index (χ3v) is 6.64. The van der Waals surface area contributed by atoms with Crippen molar-refractivity contribution in [2.75, 3.05) is 6.61 Å². The molecule has 0 saturated heterocycles. The van der Waals surface area contributed by atoms with Gasteiger partial charge in [0.2, 0.25) is 11.6 Å². The summed E-state index contributed by atoms with van der Waals surface area (Å²) in [5, 5.41) is 10.4. The lowest BCUT2D eigenvalue weighted by Crippen LogP contribution is -2.21. The van der Waals surface area contributed by atoms with E-state index in [0.29, 0.717) is 46.1 Å². The average Bonchev–Trinajstić information content (AvgIpc) is 3.23. The Morgan fingerprint density at radius 3 is 2.72 bits per heavy atom. The number of halogens is 1. The minimum absolute atomic E-state index is 0.0208. The number of rotatable bonds is 7. The first-order chi connectivity index (χ1) is 18.7. The molecule has 0 spiro atoms. The van der Waals surface area contributed by atoms with E-state index >= 15 is 0 Å². The van der Waals surface area contributed by atoms with Crippen molar-refractivity contribution in [1.82, 2.24) is 0 Å². The summed E-state index contributed by atoms with van der Waals surface area (Å²) < 4.78 is 36.6. The van der Waals surface area contributed by atoms with Crippen molar-refractivity contribution >= 4 is 16.9 Å². The second-order valence-electron chi connectivity index (χ2n) is 9.81. The molecule has 1 aromatic heterocycles. The van der Waals surface area contributed by atoms with Crippen LogP contribution in [0.3, 0.4) is 0 Å². The molecule has 4 aromatic rings. The van der Waals surface area contributed by atoms with Crippen molar-refractivity contribution in [2.45, 2.75) is 33.1 Å². The maximum absolute atomic E-state index is 13.7. The maximum Gasteiger partial charge on any atom is 0.379 e. The molecule has 3 aromatic carbocycles. The van der Waals surface area contributed by atoms with E-state index in [4.69, 9.17) is 24.4 Å². The van der Waals surface area contributed by atoms with Crippen molar-refractivity contribution in [3.63, 3.8) is 0 Å². The van der Waals surface area contributed by atoms with Crippen molar-refractivity contribution in [2.24, 2.45) is 11.7 Å². The van der Waals surface area contributed by atoms with E-state index in [1.807, 2.05) is 24.3 Å². The minimum Gasteiger partial charge on any atom is -0.494 e. The molecule has 2 N–H and O–H groups in total. The molecule has 7 nitrogen and oxygen atoms in total. The lowest BCUT2D eigenvalue weighted by atomic mass is 9.83. The van der Waals surface area contributed by atoms with Crippen LogP contribution >= 0.6 is 0 Å². The first-order valence-corrected chi connectivity index (χ1v) is 12.6. The van der Waals surface area contributed by atoms with Gasteiger partial charge in [0.05, 0.1) is 12.5 Å². The highest BCUT2D eigenvalue weighted by molar-refractivity contribution is 5.96. The number of nitriles is 1. The molecule has 39 heavy (non-hydrogen) atoms. The fraction of sp³-hybridized carbons (Fsp3) is 0.226. The second kappa shape index (κ2) is 10.5. The van der Waals surface area contributed by atoms with Gasteiger partial charge < -0.3 is 24.4 Å². The molecule has 1 aliphatic rings. The van der Waals surface area contributed by atoms with Crippen molar-refractivity contribution in [3.05, 3.63) is 100 Å². The minimum atomic E-state index is -0.733. The van der Waals surface area contributed by atoms with Crippen molar-refractivity contribution in [1.29, 1.82) is 5.26 Å². The third kappa shape index (κ3) is 5.16. The predicted molar refractivity (Wildman–Crippen MR) is 143 cm³/mol. The van der Waals surface area contributed by atoms with Crippen LogP contribution in [0.4, 0.5) is 4.39 Å². The van der Waals surface area contributed by atoms with E-state index in [9.17, 15) is 14.4 Å². The Morgan fingerprint density at radius 1 is 1.13 bits per heavy atom. The topological polar surface area (TPSA) is 108 Å². The molecule has 2 heterocycles. The highest BCUT2D eigenvalue weighted by Gasteiger charge is 2.31. The number of hydrogen-bond acceptors (Lipinski definition) is 7. The Kier molecular flexibility index (Phi) is 6.99. The molecule has 0 saturated carbocycles. The largest absolute Gasteiger partial charge is 0.494 e. The monoisotopic (exact) mass is 526 g/mol. The van der Waals surface area contributed by atoms with Crippen molar-refractivity contribution in [3.8, 4) is 23.3 Å². The number of carbonyl (C=O) groups excluding carboxylic acids is 1. The summed E-state index contributed by atoms with van der Waals surface area (Å²) in [6, 6.07) is 18.7. The molecule has 8 heteroatoms. The molecule has 0 aliphatic carbocycles. The van der Waals surface area contributed by atoms with E-state index in [2.05, 4.69) is 19.9 Å². The summed E-state index contributed by atoms with van der Waals surface area (Å²) in [7, 11) is 0. The number of furan rings is 1. The number of esters is 1. The zero-order valence-electron chi connectivity index (χ0n) is 21.8. The van der Waals surface area contributed by atoms with Gasteiger partial charge >= 0.3 is 5.97 Å². The van der Waals surface area contributed by atoms with E-state index in [1.54, 1.807) is 25.1 Å². The summed E-state index contributed by atoms with van der Waals surface area (Å²) in [5.74, 6) is 0.0664. The van der Waals surface area contributed by atoms with Gasteiger partial charge in [0, 0.05) is 22.6 Å². The fourth-order valence-electron chi connectivity index (χ4n) is 4.58. The van der Waals surface area contributed by atoms with Crippen LogP contribution in [0.15, 0.2) is 76.5 Å². The van der Waals surface area contributed by atoms with Crippen LogP contribution in [0, 0.1) is 30.0 Å². The Morgan fingerprint density at radius 2 is 1.95 bits per heavy atom. The van der Waals surface area contributed by atoms with E-state index in [0.717, 1.165) is 12.0 Å². The number of fused-ring (bicyclic) bond motifs is 2. The van der Waals surface area contributed by atoms with Crippen LogP contribution in [0.1, 0.15) is 53.4 Å². The SMILES string of the molecule is Cc1c(C(=O)Oc2ccc3c(c2)OC(N)=C(C#N)C3c2cccc(OCCC(C)C)c2)oc2ccc(F)cc12. The van der Waals surface area contributed by atoms with Gasteiger partial charge in [-0.2, -0.15) is 5.26 Å². The van der Waals surface area contributed by atoms with Crippen LogP contribution in [-0.2, 0) is 0 Å².